The summed E-state index contributed by atoms with van der Waals surface area (Å²) in [6.45, 7) is 0.837. The van der Waals surface area contributed by atoms with Gasteiger partial charge in [-0.05, 0) is 48.1 Å². The zero-order valence-corrected chi connectivity index (χ0v) is 11.4. The fraction of sp³-hybridized carbons (Fsp3) is 0.364. The summed E-state index contributed by atoms with van der Waals surface area (Å²) in [5.41, 5.74) is 0.710. The lowest BCUT2D eigenvalue weighted by atomic mass is 10.2. The van der Waals surface area contributed by atoms with Crippen LogP contribution in [0.4, 0.5) is 5.69 Å². The molecular weight excluding hydrogens is 291 g/mol. The van der Waals surface area contributed by atoms with Crippen LogP contribution in [0.5, 0.6) is 0 Å². The largest absolute Gasteiger partial charge is 0.325 e. The van der Waals surface area contributed by atoms with Gasteiger partial charge in [-0.1, -0.05) is 17.7 Å². The second kappa shape index (κ2) is 6.89. The van der Waals surface area contributed by atoms with E-state index in [4.69, 9.17) is 11.6 Å². The molecule has 0 aliphatic heterocycles. The SMILES string of the molecule is CNCCCC(=O)Nc1cccc(Cl)c1Br. The van der Waals surface area contributed by atoms with Crippen LogP contribution in [-0.2, 0) is 4.79 Å². The van der Waals surface area contributed by atoms with Crippen LogP contribution < -0.4 is 10.6 Å². The highest BCUT2D eigenvalue weighted by Crippen LogP contribution is 2.29. The van der Waals surface area contributed by atoms with Gasteiger partial charge in [-0.15, -0.1) is 0 Å². The molecule has 0 saturated heterocycles. The Morgan fingerprint density at radius 1 is 1.50 bits per heavy atom. The second-order valence-electron chi connectivity index (χ2n) is 3.36. The van der Waals surface area contributed by atoms with Gasteiger partial charge in [0.15, 0.2) is 0 Å². The highest BCUT2D eigenvalue weighted by molar-refractivity contribution is 9.10. The molecule has 0 saturated carbocycles. The molecule has 0 radical (unpaired) electrons. The number of carbonyl (C=O) groups excluding carboxylic acids is 1. The predicted octanol–water partition coefficient (Wildman–Crippen LogP) is 3.04. The molecule has 88 valence electrons. The van der Waals surface area contributed by atoms with E-state index in [9.17, 15) is 4.79 Å². The first-order chi connectivity index (χ1) is 7.65. The van der Waals surface area contributed by atoms with Gasteiger partial charge in [0.2, 0.25) is 5.91 Å². The van der Waals surface area contributed by atoms with Crippen LogP contribution >= 0.6 is 27.5 Å². The molecule has 1 rings (SSSR count). The van der Waals surface area contributed by atoms with Crippen molar-refractivity contribution < 1.29 is 4.79 Å². The molecule has 2 N–H and O–H groups in total. The number of anilines is 1. The smallest absolute Gasteiger partial charge is 0.224 e. The quantitative estimate of drug-likeness (QED) is 0.821. The third-order valence-corrected chi connectivity index (χ3v) is 3.45. The molecule has 1 aromatic carbocycles. The number of benzene rings is 1. The maximum Gasteiger partial charge on any atom is 0.224 e. The monoisotopic (exact) mass is 304 g/mol. The van der Waals surface area contributed by atoms with Crippen molar-refractivity contribution in [3.63, 3.8) is 0 Å². The van der Waals surface area contributed by atoms with Crippen molar-refractivity contribution in [3.05, 3.63) is 27.7 Å². The average molecular weight is 306 g/mol. The van der Waals surface area contributed by atoms with E-state index in [1.165, 1.54) is 0 Å². The van der Waals surface area contributed by atoms with E-state index in [0.29, 0.717) is 17.1 Å². The van der Waals surface area contributed by atoms with Crippen molar-refractivity contribution in [2.24, 2.45) is 0 Å². The van der Waals surface area contributed by atoms with E-state index < -0.39 is 0 Å². The van der Waals surface area contributed by atoms with Gasteiger partial charge in [0, 0.05) is 6.42 Å². The van der Waals surface area contributed by atoms with Crippen molar-refractivity contribution in [2.75, 3.05) is 18.9 Å². The number of rotatable bonds is 5. The molecule has 0 heterocycles. The van der Waals surface area contributed by atoms with E-state index in [1.807, 2.05) is 13.1 Å². The number of halogens is 2. The van der Waals surface area contributed by atoms with E-state index in [2.05, 4.69) is 26.6 Å². The Kier molecular flexibility index (Phi) is 5.80. The molecule has 0 aliphatic carbocycles. The van der Waals surface area contributed by atoms with Gasteiger partial charge in [0.1, 0.15) is 0 Å². The lowest BCUT2D eigenvalue weighted by Crippen LogP contribution is -2.15. The zero-order valence-electron chi connectivity index (χ0n) is 9.02. The summed E-state index contributed by atoms with van der Waals surface area (Å²) in [6, 6.07) is 5.38. The number of amides is 1. The Labute approximate surface area is 109 Å². The van der Waals surface area contributed by atoms with Gasteiger partial charge in [-0.25, -0.2) is 0 Å². The minimum atomic E-state index is -0.00165. The van der Waals surface area contributed by atoms with Crippen LogP contribution in [0.2, 0.25) is 5.02 Å². The number of nitrogens with one attached hydrogen (secondary N) is 2. The first-order valence-electron chi connectivity index (χ1n) is 5.03. The van der Waals surface area contributed by atoms with E-state index in [0.717, 1.165) is 17.4 Å². The molecule has 0 atom stereocenters. The molecule has 0 aliphatic rings. The molecule has 0 fully saturated rings. The van der Waals surface area contributed by atoms with E-state index >= 15 is 0 Å². The normalized spacial score (nSPS) is 10.2. The third-order valence-electron chi connectivity index (χ3n) is 2.06. The summed E-state index contributed by atoms with van der Waals surface area (Å²) in [5.74, 6) is -0.00165. The maximum atomic E-state index is 11.5. The predicted molar refractivity (Wildman–Crippen MR) is 70.9 cm³/mol. The number of carbonyl (C=O) groups is 1. The van der Waals surface area contributed by atoms with Gasteiger partial charge < -0.3 is 10.6 Å². The molecule has 0 aromatic heterocycles. The summed E-state index contributed by atoms with van der Waals surface area (Å²) in [4.78, 5) is 11.5. The summed E-state index contributed by atoms with van der Waals surface area (Å²) in [7, 11) is 1.87. The minimum absolute atomic E-state index is 0.00165. The summed E-state index contributed by atoms with van der Waals surface area (Å²) >= 11 is 9.25. The van der Waals surface area contributed by atoms with Gasteiger partial charge >= 0.3 is 0 Å². The molecule has 0 bridgehead atoms. The molecule has 1 amide bonds. The Morgan fingerprint density at radius 2 is 2.25 bits per heavy atom. The van der Waals surface area contributed by atoms with Crippen molar-refractivity contribution >= 4 is 39.1 Å². The van der Waals surface area contributed by atoms with Crippen molar-refractivity contribution in [2.45, 2.75) is 12.8 Å². The Balaban J connectivity index is 2.53. The molecule has 16 heavy (non-hydrogen) atoms. The van der Waals surface area contributed by atoms with Crippen LogP contribution in [0, 0.1) is 0 Å². The van der Waals surface area contributed by atoms with Crippen molar-refractivity contribution in [1.29, 1.82) is 0 Å². The van der Waals surface area contributed by atoms with Gasteiger partial charge in [-0.2, -0.15) is 0 Å². The fourth-order valence-corrected chi connectivity index (χ4v) is 1.78. The Morgan fingerprint density at radius 3 is 2.94 bits per heavy atom. The molecular formula is C11H14BrClN2O. The second-order valence-corrected chi connectivity index (χ2v) is 4.56. The van der Waals surface area contributed by atoms with Crippen LogP contribution in [-0.4, -0.2) is 19.5 Å². The fourth-order valence-electron chi connectivity index (χ4n) is 1.24. The Hall–Kier alpha value is -0.580. The standard InChI is InChI=1S/C11H14BrClN2O/c1-14-7-3-6-10(16)15-9-5-2-4-8(13)11(9)12/h2,4-5,14H,3,6-7H2,1H3,(H,15,16). The maximum absolute atomic E-state index is 11.5. The van der Waals surface area contributed by atoms with Gasteiger partial charge in [-0.3, -0.25) is 4.79 Å². The van der Waals surface area contributed by atoms with E-state index in [1.54, 1.807) is 12.1 Å². The van der Waals surface area contributed by atoms with E-state index in [-0.39, 0.29) is 5.91 Å². The molecule has 1 aromatic rings. The minimum Gasteiger partial charge on any atom is -0.325 e. The number of hydrogen-bond donors (Lipinski definition) is 2. The molecule has 5 heteroatoms. The molecule has 3 nitrogen and oxygen atoms in total. The summed E-state index contributed by atoms with van der Waals surface area (Å²) in [6.07, 6.45) is 1.32. The zero-order chi connectivity index (χ0) is 12.0. The lowest BCUT2D eigenvalue weighted by molar-refractivity contribution is -0.116. The van der Waals surface area contributed by atoms with Crippen LogP contribution in [0.15, 0.2) is 22.7 Å². The first kappa shape index (κ1) is 13.5. The van der Waals surface area contributed by atoms with Crippen molar-refractivity contribution in [3.8, 4) is 0 Å². The number of hydrogen-bond acceptors (Lipinski definition) is 2. The summed E-state index contributed by atoms with van der Waals surface area (Å²) in [5, 5.41) is 6.40. The third kappa shape index (κ3) is 4.12. The highest BCUT2D eigenvalue weighted by Gasteiger charge is 2.07. The van der Waals surface area contributed by atoms with Gasteiger partial charge in [0.25, 0.3) is 0 Å². The van der Waals surface area contributed by atoms with Crippen LogP contribution in [0.3, 0.4) is 0 Å². The Bertz CT molecular complexity index is 371. The summed E-state index contributed by atoms with van der Waals surface area (Å²) < 4.78 is 0.721. The first-order valence-corrected chi connectivity index (χ1v) is 6.20. The molecule has 0 spiro atoms. The van der Waals surface area contributed by atoms with Crippen molar-refractivity contribution in [1.82, 2.24) is 5.32 Å². The average Bonchev–Trinajstić information content (AvgIpc) is 2.25. The van der Waals surface area contributed by atoms with Crippen LogP contribution in [0.1, 0.15) is 12.8 Å². The van der Waals surface area contributed by atoms with Crippen LogP contribution in [0.25, 0.3) is 0 Å². The highest BCUT2D eigenvalue weighted by atomic mass is 79.9. The topological polar surface area (TPSA) is 41.1 Å². The lowest BCUT2D eigenvalue weighted by Gasteiger charge is -2.08. The van der Waals surface area contributed by atoms with Gasteiger partial charge in [0.05, 0.1) is 15.2 Å². The molecule has 0 unspecified atom stereocenters.